The van der Waals surface area contributed by atoms with Crippen LogP contribution in [-0.2, 0) is 4.79 Å². The van der Waals surface area contributed by atoms with Crippen LogP contribution in [0.1, 0.15) is 38.5 Å². The maximum absolute atomic E-state index is 11.6. The molecule has 3 heteroatoms. The molecule has 0 radical (unpaired) electrons. The summed E-state index contributed by atoms with van der Waals surface area (Å²) in [6.07, 6.45) is 7.84. The molecule has 3 nitrogen and oxygen atoms in total. The average molecular weight is 210 g/mol. The molecule has 0 saturated heterocycles. The molecular weight excluding hydrogens is 188 g/mol. The van der Waals surface area contributed by atoms with E-state index in [-0.39, 0.29) is 5.91 Å². The summed E-state index contributed by atoms with van der Waals surface area (Å²) in [7, 11) is 1.92. The number of likely N-dealkylation sites (N-methyl/N-ethyl adjacent to an activating group) is 1. The molecule has 86 valence electrons. The molecule has 1 N–H and O–H groups in total. The lowest BCUT2D eigenvalue weighted by Gasteiger charge is -2.16. The molecule has 0 unspecified atom stereocenters. The van der Waals surface area contributed by atoms with E-state index in [0.717, 1.165) is 12.5 Å². The van der Waals surface area contributed by atoms with Crippen LogP contribution in [-0.4, -0.2) is 37.0 Å². The van der Waals surface area contributed by atoms with Crippen LogP contribution in [0.2, 0.25) is 0 Å². The Morgan fingerprint density at radius 2 is 2.07 bits per heavy atom. The molecule has 15 heavy (non-hydrogen) atoms. The Kier molecular flexibility index (Phi) is 3.62. The second-order valence-electron chi connectivity index (χ2n) is 5.00. The van der Waals surface area contributed by atoms with E-state index in [4.69, 9.17) is 0 Å². The zero-order chi connectivity index (χ0) is 10.7. The highest BCUT2D eigenvalue weighted by Crippen LogP contribution is 2.33. The fraction of sp³-hybridized carbons (Fsp3) is 0.917. The second-order valence-corrected chi connectivity index (χ2v) is 5.00. The van der Waals surface area contributed by atoms with E-state index in [1.165, 1.54) is 38.5 Å². The Labute approximate surface area is 92.2 Å². The van der Waals surface area contributed by atoms with Gasteiger partial charge in [0, 0.05) is 13.1 Å². The molecule has 2 aliphatic carbocycles. The summed E-state index contributed by atoms with van der Waals surface area (Å²) >= 11 is 0. The summed E-state index contributed by atoms with van der Waals surface area (Å²) < 4.78 is 0. The van der Waals surface area contributed by atoms with Gasteiger partial charge in [-0.2, -0.15) is 0 Å². The van der Waals surface area contributed by atoms with Crippen LogP contribution in [0.15, 0.2) is 0 Å². The van der Waals surface area contributed by atoms with E-state index in [1.54, 1.807) is 0 Å². The summed E-state index contributed by atoms with van der Waals surface area (Å²) in [5.74, 6) is 1.26. The largest absolute Gasteiger partial charge is 0.342 e. The van der Waals surface area contributed by atoms with E-state index in [1.807, 2.05) is 11.9 Å². The predicted molar refractivity (Wildman–Crippen MR) is 60.6 cm³/mol. The molecular formula is C12H22N2O. The molecule has 2 saturated carbocycles. The molecule has 2 rings (SSSR count). The van der Waals surface area contributed by atoms with Crippen LogP contribution in [0, 0.1) is 5.92 Å². The molecule has 0 atom stereocenters. The first-order valence-corrected chi connectivity index (χ1v) is 6.24. The summed E-state index contributed by atoms with van der Waals surface area (Å²) in [5, 5.41) is 3.24. The quantitative estimate of drug-likeness (QED) is 0.644. The first kappa shape index (κ1) is 10.9. The number of amides is 1. The lowest BCUT2D eigenvalue weighted by molar-refractivity contribution is -0.129. The van der Waals surface area contributed by atoms with E-state index in [0.29, 0.717) is 12.6 Å². The van der Waals surface area contributed by atoms with Gasteiger partial charge in [-0.3, -0.25) is 4.79 Å². The number of rotatable bonds is 7. The van der Waals surface area contributed by atoms with Crippen molar-refractivity contribution in [2.24, 2.45) is 5.92 Å². The minimum absolute atomic E-state index is 0.254. The highest BCUT2D eigenvalue weighted by atomic mass is 16.2. The summed E-state index contributed by atoms with van der Waals surface area (Å²) in [6.45, 7) is 1.53. The molecule has 2 aliphatic rings. The smallest absolute Gasteiger partial charge is 0.236 e. The first-order chi connectivity index (χ1) is 7.27. The third kappa shape index (κ3) is 3.82. The van der Waals surface area contributed by atoms with Crippen molar-refractivity contribution in [3.63, 3.8) is 0 Å². The van der Waals surface area contributed by atoms with Gasteiger partial charge in [-0.15, -0.1) is 0 Å². The van der Waals surface area contributed by atoms with Gasteiger partial charge < -0.3 is 10.2 Å². The topological polar surface area (TPSA) is 32.3 Å². The Morgan fingerprint density at radius 3 is 2.67 bits per heavy atom. The van der Waals surface area contributed by atoms with Crippen LogP contribution < -0.4 is 5.32 Å². The van der Waals surface area contributed by atoms with Crippen molar-refractivity contribution < 1.29 is 4.79 Å². The molecule has 0 aromatic heterocycles. The fourth-order valence-corrected chi connectivity index (χ4v) is 1.91. The fourth-order valence-electron chi connectivity index (χ4n) is 1.91. The monoisotopic (exact) mass is 210 g/mol. The van der Waals surface area contributed by atoms with Crippen molar-refractivity contribution in [2.45, 2.75) is 44.6 Å². The van der Waals surface area contributed by atoms with Gasteiger partial charge in [-0.1, -0.05) is 12.8 Å². The molecule has 0 aromatic rings. The van der Waals surface area contributed by atoms with Gasteiger partial charge in [-0.25, -0.2) is 0 Å². The van der Waals surface area contributed by atoms with E-state index >= 15 is 0 Å². The zero-order valence-electron chi connectivity index (χ0n) is 9.67. The third-order valence-electron chi connectivity index (χ3n) is 3.43. The Morgan fingerprint density at radius 1 is 1.33 bits per heavy atom. The van der Waals surface area contributed by atoms with Crippen LogP contribution in [0.5, 0.6) is 0 Å². The van der Waals surface area contributed by atoms with Gasteiger partial charge in [0.2, 0.25) is 5.91 Å². The second kappa shape index (κ2) is 4.97. The minimum atomic E-state index is 0.254. The molecule has 0 bridgehead atoms. The van der Waals surface area contributed by atoms with Crippen molar-refractivity contribution >= 4 is 5.91 Å². The van der Waals surface area contributed by atoms with Crippen LogP contribution in [0.25, 0.3) is 0 Å². The van der Waals surface area contributed by atoms with Crippen LogP contribution in [0.4, 0.5) is 0 Å². The Balaban J connectivity index is 1.46. The first-order valence-electron chi connectivity index (χ1n) is 6.24. The van der Waals surface area contributed by atoms with Gasteiger partial charge in [0.05, 0.1) is 6.54 Å². The van der Waals surface area contributed by atoms with Gasteiger partial charge in [0.1, 0.15) is 0 Å². The van der Waals surface area contributed by atoms with Gasteiger partial charge in [-0.05, 0) is 38.1 Å². The minimum Gasteiger partial charge on any atom is -0.342 e. The Bertz CT molecular complexity index is 222. The number of nitrogens with one attached hydrogen (secondary N) is 1. The Hall–Kier alpha value is -0.570. The number of carbonyl (C=O) groups is 1. The maximum atomic E-state index is 11.6. The van der Waals surface area contributed by atoms with Crippen LogP contribution >= 0.6 is 0 Å². The third-order valence-corrected chi connectivity index (χ3v) is 3.43. The SMILES string of the molecule is CN(C(=O)CNCCCC1CC1)C1CC1. The van der Waals surface area contributed by atoms with Crippen LogP contribution in [0.3, 0.4) is 0 Å². The lowest BCUT2D eigenvalue weighted by Crippen LogP contribution is -2.37. The molecule has 0 spiro atoms. The van der Waals surface area contributed by atoms with E-state index < -0.39 is 0 Å². The van der Waals surface area contributed by atoms with Gasteiger partial charge >= 0.3 is 0 Å². The highest BCUT2D eigenvalue weighted by molar-refractivity contribution is 5.78. The van der Waals surface area contributed by atoms with Crippen molar-refractivity contribution in [1.82, 2.24) is 10.2 Å². The molecule has 0 aromatic carbocycles. The summed E-state index contributed by atoms with van der Waals surface area (Å²) in [6, 6.07) is 0.547. The number of nitrogens with zero attached hydrogens (tertiary/aromatic N) is 1. The molecule has 0 aliphatic heterocycles. The lowest BCUT2D eigenvalue weighted by atomic mass is 10.2. The average Bonchev–Trinajstić information content (AvgIpc) is 3.07. The van der Waals surface area contributed by atoms with Crippen molar-refractivity contribution in [1.29, 1.82) is 0 Å². The summed E-state index contributed by atoms with van der Waals surface area (Å²) in [5.41, 5.74) is 0. The standard InChI is InChI=1S/C12H22N2O/c1-14(11-6-7-11)12(15)9-13-8-2-3-10-4-5-10/h10-11,13H,2-9H2,1H3. The van der Waals surface area contributed by atoms with Crippen molar-refractivity contribution in [2.75, 3.05) is 20.1 Å². The van der Waals surface area contributed by atoms with Gasteiger partial charge in [0.15, 0.2) is 0 Å². The van der Waals surface area contributed by atoms with Crippen molar-refractivity contribution in [3.8, 4) is 0 Å². The maximum Gasteiger partial charge on any atom is 0.236 e. The molecule has 2 fully saturated rings. The van der Waals surface area contributed by atoms with Gasteiger partial charge in [0.25, 0.3) is 0 Å². The molecule has 1 amide bonds. The predicted octanol–water partition coefficient (Wildman–Crippen LogP) is 1.39. The van der Waals surface area contributed by atoms with E-state index in [9.17, 15) is 4.79 Å². The number of carbonyl (C=O) groups excluding carboxylic acids is 1. The molecule has 0 heterocycles. The number of hydrogen-bond donors (Lipinski definition) is 1. The summed E-state index contributed by atoms with van der Waals surface area (Å²) in [4.78, 5) is 13.5. The zero-order valence-corrected chi connectivity index (χ0v) is 9.67. The number of hydrogen-bond acceptors (Lipinski definition) is 2. The normalized spacial score (nSPS) is 20.3. The highest BCUT2D eigenvalue weighted by Gasteiger charge is 2.29. The van der Waals surface area contributed by atoms with Crippen molar-refractivity contribution in [3.05, 3.63) is 0 Å². The van der Waals surface area contributed by atoms with E-state index in [2.05, 4.69) is 5.32 Å².